The van der Waals surface area contributed by atoms with Crippen molar-refractivity contribution in [1.82, 2.24) is 4.90 Å². The molecule has 18 heavy (non-hydrogen) atoms. The van der Waals surface area contributed by atoms with Crippen LogP contribution in [0, 0.1) is 0 Å². The number of thioether (sulfide) groups is 1. The van der Waals surface area contributed by atoms with Gasteiger partial charge in [-0.05, 0) is 36.8 Å². The van der Waals surface area contributed by atoms with Crippen LogP contribution in [0.2, 0.25) is 0 Å². The lowest BCUT2D eigenvalue weighted by atomic mass is 10.1. The standard InChI is InChI=1S/C14H19NO2S/c1-18-10-11-4-6-12(7-5-11)14(17)15-8-2-3-13(15)9-16/h4-7,13,16H,2-3,8-10H2,1H3. The zero-order valence-corrected chi connectivity index (χ0v) is 11.4. The minimum Gasteiger partial charge on any atom is -0.394 e. The molecule has 1 saturated heterocycles. The van der Waals surface area contributed by atoms with Gasteiger partial charge in [0.05, 0.1) is 12.6 Å². The summed E-state index contributed by atoms with van der Waals surface area (Å²) in [5, 5.41) is 9.25. The molecule has 1 heterocycles. The summed E-state index contributed by atoms with van der Waals surface area (Å²) < 4.78 is 0. The first-order chi connectivity index (χ1) is 8.76. The highest BCUT2D eigenvalue weighted by molar-refractivity contribution is 7.97. The molecule has 1 aromatic rings. The molecule has 1 N–H and O–H groups in total. The van der Waals surface area contributed by atoms with Gasteiger partial charge in [0.25, 0.3) is 5.91 Å². The number of aliphatic hydroxyl groups excluding tert-OH is 1. The van der Waals surface area contributed by atoms with E-state index in [0.717, 1.165) is 30.7 Å². The average Bonchev–Trinajstić information content (AvgIpc) is 2.87. The molecule has 1 atom stereocenters. The second-order valence-corrected chi connectivity index (χ2v) is 5.47. The number of carbonyl (C=O) groups excluding carboxylic acids is 1. The van der Waals surface area contributed by atoms with E-state index in [1.807, 2.05) is 24.3 Å². The summed E-state index contributed by atoms with van der Waals surface area (Å²) in [6.45, 7) is 0.826. The molecule has 0 aromatic heterocycles. The third-order valence-corrected chi connectivity index (χ3v) is 3.98. The van der Waals surface area contributed by atoms with Crippen molar-refractivity contribution >= 4 is 17.7 Å². The number of hydrogen-bond donors (Lipinski definition) is 1. The molecule has 4 heteroatoms. The summed E-state index contributed by atoms with van der Waals surface area (Å²) in [7, 11) is 0. The van der Waals surface area contributed by atoms with Crippen molar-refractivity contribution in [3.05, 3.63) is 35.4 Å². The van der Waals surface area contributed by atoms with Crippen LogP contribution in [0.1, 0.15) is 28.8 Å². The molecule has 1 aliphatic heterocycles. The maximum atomic E-state index is 12.3. The third-order valence-electron chi connectivity index (χ3n) is 3.36. The van der Waals surface area contributed by atoms with Gasteiger partial charge in [0, 0.05) is 17.9 Å². The molecular formula is C14H19NO2S. The molecular weight excluding hydrogens is 246 g/mol. The van der Waals surface area contributed by atoms with E-state index in [1.54, 1.807) is 16.7 Å². The zero-order chi connectivity index (χ0) is 13.0. The quantitative estimate of drug-likeness (QED) is 0.907. The first-order valence-corrected chi connectivity index (χ1v) is 7.65. The van der Waals surface area contributed by atoms with Crippen LogP contribution in [0.15, 0.2) is 24.3 Å². The molecule has 1 aromatic carbocycles. The van der Waals surface area contributed by atoms with Crippen LogP contribution in [0.3, 0.4) is 0 Å². The zero-order valence-electron chi connectivity index (χ0n) is 10.6. The van der Waals surface area contributed by atoms with Crippen molar-refractivity contribution in [3.63, 3.8) is 0 Å². The van der Waals surface area contributed by atoms with Crippen molar-refractivity contribution in [3.8, 4) is 0 Å². The van der Waals surface area contributed by atoms with E-state index >= 15 is 0 Å². The molecule has 0 radical (unpaired) electrons. The Kier molecular flexibility index (Phi) is 4.66. The molecule has 0 spiro atoms. The molecule has 2 rings (SSSR count). The minimum absolute atomic E-state index is 0.00312. The van der Waals surface area contributed by atoms with Crippen LogP contribution in [-0.2, 0) is 5.75 Å². The summed E-state index contributed by atoms with van der Waals surface area (Å²) in [6, 6.07) is 7.80. The van der Waals surface area contributed by atoms with Crippen LogP contribution in [0.25, 0.3) is 0 Å². The fourth-order valence-electron chi connectivity index (χ4n) is 2.37. The highest BCUT2D eigenvalue weighted by Crippen LogP contribution is 2.20. The van der Waals surface area contributed by atoms with Crippen molar-refractivity contribution in [1.29, 1.82) is 0 Å². The van der Waals surface area contributed by atoms with Crippen LogP contribution in [0.4, 0.5) is 0 Å². The number of rotatable bonds is 4. The Balaban J connectivity index is 2.08. The van der Waals surface area contributed by atoms with E-state index in [9.17, 15) is 9.90 Å². The molecule has 0 aliphatic carbocycles. The smallest absolute Gasteiger partial charge is 0.254 e. The second kappa shape index (κ2) is 6.25. The van der Waals surface area contributed by atoms with Crippen molar-refractivity contribution < 1.29 is 9.90 Å². The normalized spacial score (nSPS) is 19.2. The summed E-state index contributed by atoms with van der Waals surface area (Å²) in [4.78, 5) is 14.1. The fraction of sp³-hybridized carbons (Fsp3) is 0.500. The van der Waals surface area contributed by atoms with Crippen molar-refractivity contribution in [2.75, 3.05) is 19.4 Å². The Morgan fingerprint density at radius 3 is 2.78 bits per heavy atom. The van der Waals surface area contributed by atoms with Gasteiger partial charge in [-0.25, -0.2) is 0 Å². The second-order valence-electron chi connectivity index (χ2n) is 4.61. The number of nitrogens with zero attached hydrogens (tertiary/aromatic N) is 1. The van der Waals surface area contributed by atoms with Gasteiger partial charge in [-0.1, -0.05) is 12.1 Å². The van der Waals surface area contributed by atoms with Crippen LogP contribution in [0.5, 0.6) is 0 Å². The van der Waals surface area contributed by atoms with Gasteiger partial charge in [-0.15, -0.1) is 0 Å². The summed E-state index contributed by atoms with van der Waals surface area (Å²) in [5.41, 5.74) is 1.96. The number of amides is 1. The molecule has 1 fully saturated rings. The number of likely N-dealkylation sites (tertiary alicyclic amines) is 1. The largest absolute Gasteiger partial charge is 0.394 e. The first kappa shape index (κ1) is 13.4. The summed E-state index contributed by atoms with van der Waals surface area (Å²) in [5.74, 6) is 1.01. The Bertz CT molecular complexity index is 405. The Hall–Kier alpha value is -1.00. The van der Waals surface area contributed by atoms with Gasteiger partial charge >= 0.3 is 0 Å². The average molecular weight is 265 g/mol. The number of hydrogen-bond acceptors (Lipinski definition) is 3. The molecule has 98 valence electrons. The molecule has 0 saturated carbocycles. The van der Waals surface area contributed by atoms with E-state index < -0.39 is 0 Å². The number of benzene rings is 1. The van der Waals surface area contributed by atoms with Crippen LogP contribution < -0.4 is 0 Å². The lowest BCUT2D eigenvalue weighted by Crippen LogP contribution is -2.37. The molecule has 1 unspecified atom stereocenters. The fourth-order valence-corrected chi connectivity index (χ4v) is 2.89. The Morgan fingerprint density at radius 1 is 1.44 bits per heavy atom. The third kappa shape index (κ3) is 2.87. The molecule has 1 aliphatic rings. The van der Waals surface area contributed by atoms with Gasteiger partial charge in [-0.2, -0.15) is 11.8 Å². The number of aliphatic hydroxyl groups is 1. The topological polar surface area (TPSA) is 40.5 Å². The summed E-state index contributed by atoms with van der Waals surface area (Å²) >= 11 is 1.77. The van der Waals surface area contributed by atoms with Gasteiger partial charge in [-0.3, -0.25) is 4.79 Å². The lowest BCUT2D eigenvalue weighted by Gasteiger charge is -2.23. The minimum atomic E-state index is 0.00312. The van der Waals surface area contributed by atoms with Gasteiger partial charge in [0.2, 0.25) is 0 Å². The van der Waals surface area contributed by atoms with Crippen LogP contribution >= 0.6 is 11.8 Å². The van der Waals surface area contributed by atoms with E-state index in [4.69, 9.17) is 0 Å². The van der Waals surface area contributed by atoms with Gasteiger partial charge in [0.1, 0.15) is 0 Å². The van der Waals surface area contributed by atoms with E-state index in [1.165, 1.54) is 5.56 Å². The highest BCUT2D eigenvalue weighted by Gasteiger charge is 2.28. The monoisotopic (exact) mass is 265 g/mol. The summed E-state index contributed by atoms with van der Waals surface area (Å²) in [6.07, 6.45) is 3.96. The van der Waals surface area contributed by atoms with E-state index in [-0.39, 0.29) is 18.6 Å². The molecule has 0 bridgehead atoms. The van der Waals surface area contributed by atoms with E-state index in [2.05, 4.69) is 6.26 Å². The first-order valence-electron chi connectivity index (χ1n) is 6.26. The molecule has 3 nitrogen and oxygen atoms in total. The number of carbonyl (C=O) groups is 1. The molecule has 1 amide bonds. The van der Waals surface area contributed by atoms with Crippen LogP contribution in [-0.4, -0.2) is 41.4 Å². The van der Waals surface area contributed by atoms with E-state index in [0.29, 0.717) is 0 Å². The van der Waals surface area contributed by atoms with Gasteiger partial charge in [0.15, 0.2) is 0 Å². The Morgan fingerprint density at radius 2 is 2.17 bits per heavy atom. The predicted octanol–water partition coefficient (Wildman–Crippen LogP) is 2.15. The Labute approximate surface area is 112 Å². The maximum absolute atomic E-state index is 12.3. The van der Waals surface area contributed by atoms with Gasteiger partial charge < -0.3 is 10.0 Å². The van der Waals surface area contributed by atoms with Crippen molar-refractivity contribution in [2.24, 2.45) is 0 Å². The maximum Gasteiger partial charge on any atom is 0.254 e. The SMILES string of the molecule is CSCc1ccc(C(=O)N2CCCC2CO)cc1. The van der Waals surface area contributed by atoms with Crippen molar-refractivity contribution in [2.45, 2.75) is 24.6 Å². The predicted molar refractivity (Wildman–Crippen MR) is 74.8 cm³/mol. The highest BCUT2D eigenvalue weighted by atomic mass is 32.2. The lowest BCUT2D eigenvalue weighted by molar-refractivity contribution is 0.0677.